The van der Waals surface area contributed by atoms with Crippen molar-refractivity contribution in [3.05, 3.63) is 40.7 Å². The Bertz CT molecular complexity index is 878. The monoisotopic (exact) mass is 435 g/mol. The Morgan fingerprint density at radius 2 is 1.87 bits per heavy atom. The number of halogens is 2. The number of anilines is 1. The fraction of sp³-hybridized carbons (Fsp3) is 0.571. The van der Waals surface area contributed by atoms with Gasteiger partial charge in [-0.2, -0.15) is 0 Å². The van der Waals surface area contributed by atoms with Crippen LogP contribution in [-0.2, 0) is 0 Å². The van der Waals surface area contributed by atoms with Gasteiger partial charge in [-0.3, -0.25) is 9.78 Å². The summed E-state index contributed by atoms with van der Waals surface area (Å²) in [7, 11) is 0. The fourth-order valence-electron chi connectivity index (χ4n) is 4.30. The Labute approximate surface area is 179 Å². The molecule has 1 amide bonds. The van der Waals surface area contributed by atoms with Crippen LogP contribution in [0.1, 0.15) is 60.4 Å². The van der Waals surface area contributed by atoms with Crippen molar-refractivity contribution in [2.75, 3.05) is 31.1 Å². The van der Waals surface area contributed by atoms with Gasteiger partial charge < -0.3 is 15.1 Å². The van der Waals surface area contributed by atoms with E-state index in [4.69, 9.17) is 0 Å². The Morgan fingerprint density at radius 3 is 2.57 bits per heavy atom. The van der Waals surface area contributed by atoms with Crippen molar-refractivity contribution in [1.82, 2.24) is 20.2 Å². The largest absolute Gasteiger partial charge is 0.348 e. The number of nitrogens with zero attached hydrogens (tertiary/aromatic N) is 4. The maximum Gasteiger partial charge on any atom is 0.263 e. The Morgan fingerprint density at radius 1 is 1.13 bits per heavy atom. The zero-order valence-corrected chi connectivity index (χ0v) is 17.9. The van der Waals surface area contributed by atoms with Crippen molar-refractivity contribution in [1.29, 1.82) is 0 Å². The van der Waals surface area contributed by atoms with Gasteiger partial charge >= 0.3 is 0 Å². The maximum absolute atomic E-state index is 13.9. The normalized spacial score (nSPS) is 19.6. The molecule has 0 radical (unpaired) electrons. The van der Waals surface area contributed by atoms with Gasteiger partial charge in [-0.05, 0) is 45.7 Å². The van der Waals surface area contributed by atoms with Crippen molar-refractivity contribution in [2.45, 2.75) is 51.1 Å². The lowest BCUT2D eigenvalue weighted by atomic mass is 10.0. The quantitative estimate of drug-likeness (QED) is 0.775. The summed E-state index contributed by atoms with van der Waals surface area (Å²) in [6, 6.07) is 0.746. The number of thiazole rings is 1. The summed E-state index contributed by atoms with van der Waals surface area (Å²) in [5, 5.41) is 3.56. The number of pyridine rings is 1. The van der Waals surface area contributed by atoms with Crippen molar-refractivity contribution < 1.29 is 13.6 Å². The topological polar surface area (TPSA) is 61.4 Å². The number of carbonyl (C=O) groups is 1. The van der Waals surface area contributed by atoms with Gasteiger partial charge in [0.05, 0.1) is 24.1 Å². The van der Waals surface area contributed by atoms with Crippen LogP contribution < -0.4 is 10.2 Å². The molecule has 30 heavy (non-hydrogen) atoms. The molecule has 0 aromatic carbocycles. The second-order valence-electron chi connectivity index (χ2n) is 8.04. The highest BCUT2D eigenvalue weighted by molar-refractivity contribution is 7.17. The van der Waals surface area contributed by atoms with Crippen LogP contribution in [0.2, 0.25) is 0 Å². The molecule has 2 aliphatic rings. The molecule has 4 rings (SSSR count). The molecule has 0 aliphatic carbocycles. The highest BCUT2D eigenvalue weighted by Gasteiger charge is 2.27. The van der Waals surface area contributed by atoms with E-state index in [0.717, 1.165) is 43.3 Å². The summed E-state index contributed by atoms with van der Waals surface area (Å²) >= 11 is 1.34. The molecule has 1 atom stereocenters. The zero-order valence-electron chi connectivity index (χ0n) is 17.1. The van der Waals surface area contributed by atoms with E-state index in [9.17, 15) is 13.6 Å². The molecule has 2 aromatic rings. The van der Waals surface area contributed by atoms with Gasteiger partial charge in [0, 0.05) is 25.2 Å². The highest BCUT2D eigenvalue weighted by atomic mass is 32.1. The number of nitrogens with one attached hydrogen (secondary N) is 1. The fourth-order valence-corrected chi connectivity index (χ4v) is 5.17. The van der Waals surface area contributed by atoms with E-state index in [0.29, 0.717) is 10.9 Å². The predicted octanol–water partition coefficient (Wildman–Crippen LogP) is 3.76. The predicted molar refractivity (Wildman–Crippen MR) is 113 cm³/mol. The van der Waals surface area contributed by atoms with Gasteiger partial charge in [0.25, 0.3) is 5.91 Å². The van der Waals surface area contributed by atoms with E-state index in [1.54, 1.807) is 13.1 Å². The molecule has 0 spiro atoms. The summed E-state index contributed by atoms with van der Waals surface area (Å²) in [5.41, 5.74) is 0.00859. The van der Waals surface area contributed by atoms with Gasteiger partial charge in [-0.25, -0.2) is 13.8 Å². The highest BCUT2D eigenvalue weighted by Crippen LogP contribution is 2.28. The third-order valence-electron chi connectivity index (χ3n) is 5.95. The van der Waals surface area contributed by atoms with Gasteiger partial charge in [0.2, 0.25) is 0 Å². The van der Waals surface area contributed by atoms with Crippen molar-refractivity contribution in [3.63, 3.8) is 0 Å². The first-order chi connectivity index (χ1) is 14.5. The third kappa shape index (κ3) is 4.78. The molecule has 1 unspecified atom stereocenters. The molecule has 2 aliphatic heterocycles. The number of hydrogen-bond acceptors (Lipinski definition) is 6. The molecule has 9 heteroatoms. The number of piperidine rings is 2. The first kappa shape index (κ1) is 21.1. The molecular weight excluding hydrogens is 408 g/mol. The minimum Gasteiger partial charge on any atom is -0.348 e. The van der Waals surface area contributed by atoms with Crippen LogP contribution >= 0.6 is 11.3 Å². The van der Waals surface area contributed by atoms with Crippen molar-refractivity contribution >= 4 is 22.4 Å². The molecule has 0 bridgehead atoms. The minimum absolute atomic E-state index is 0.00859. The second-order valence-corrected chi connectivity index (χ2v) is 9.05. The molecule has 0 saturated carbocycles. The maximum atomic E-state index is 13.9. The lowest BCUT2D eigenvalue weighted by Crippen LogP contribution is -2.46. The van der Waals surface area contributed by atoms with E-state index in [2.05, 4.69) is 25.1 Å². The lowest BCUT2D eigenvalue weighted by Gasteiger charge is -2.40. The molecule has 4 heterocycles. The van der Waals surface area contributed by atoms with Gasteiger partial charge in [-0.15, -0.1) is 0 Å². The van der Waals surface area contributed by atoms with Crippen LogP contribution in [0.25, 0.3) is 0 Å². The SMILES string of the molecule is CC(NC(=O)c1cnc(N2CCC(N3CCCCC3)CC2)s1)c1ncc(F)cc1F. The first-order valence-electron chi connectivity index (χ1n) is 10.6. The van der Waals surface area contributed by atoms with Crippen LogP contribution in [0.3, 0.4) is 0 Å². The summed E-state index contributed by atoms with van der Waals surface area (Å²) in [5.74, 6) is -1.85. The summed E-state index contributed by atoms with van der Waals surface area (Å²) in [4.78, 5) is 26.1. The number of aromatic nitrogens is 2. The number of likely N-dealkylation sites (tertiary alicyclic amines) is 1. The molecule has 6 nitrogen and oxygen atoms in total. The van der Waals surface area contributed by atoms with Gasteiger partial charge in [0.1, 0.15) is 16.5 Å². The van der Waals surface area contributed by atoms with Crippen LogP contribution in [0.15, 0.2) is 18.5 Å². The van der Waals surface area contributed by atoms with Gasteiger partial charge in [-0.1, -0.05) is 17.8 Å². The van der Waals surface area contributed by atoms with E-state index in [-0.39, 0.29) is 11.6 Å². The molecule has 2 saturated heterocycles. The van der Waals surface area contributed by atoms with E-state index < -0.39 is 17.7 Å². The van der Waals surface area contributed by atoms with Crippen LogP contribution in [-0.4, -0.2) is 53.0 Å². The molecule has 2 aromatic heterocycles. The number of rotatable bonds is 5. The number of hydrogen-bond donors (Lipinski definition) is 1. The van der Waals surface area contributed by atoms with Crippen molar-refractivity contribution in [2.24, 2.45) is 0 Å². The Balaban J connectivity index is 1.33. The second kappa shape index (κ2) is 9.34. The molecule has 1 N–H and O–H groups in total. The summed E-state index contributed by atoms with van der Waals surface area (Å²) in [6.45, 7) is 5.93. The van der Waals surface area contributed by atoms with E-state index in [1.807, 2.05) is 0 Å². The van der Waals surface area contributed by atoms with Gasteiger partial charge in [0.15, 0.2) is 5.13 Å². The standard InChI is InChI=1S/C21H27F2N5OS/c1-14(19-17(23)11-15(22)12-24-19)26-20(29)18-13-25-21(30-18)28-9-5-16(6-10-28)27-7-3-2-4-8-27/h11-14,16H,2-10H2,1H3,(H,26,29). The Kier molecular flexibility index (Phi) is 6.58. The molecular formula is C21H27F2N5OS. The molecule has 2 fully saturated rings. The van der Waals surface area contributed by atoms with E-state index >= 15 is 0 Å². The van der Waals surface area contributed by atoms with Crippen molar-refractivity contribution in [3.8, 4) is 0 Å². The minimum atomic E-state index is -0.774. The molecule has 162 valence electrons. The number of carbonyl (C=O) groups excluding carboxylic acids is 1. The summed E-state index contributed by atoms with van der Waals surface area (Å²) in [6.07, 6.45) is 8.71. The number of amides is 1. The van der Waals surface area contributed by atoms with E-state index in [1.165, 1.54) is 43.7 Å². The average molecular weight is 436 g/mol. The van der Waals surface area contributed by atoms with Crippen LogP contribution in [0.4, 0.5) is 13.9 Å². The van der Waals surface area contributed by atoms with Crippen LogP contribution in [0.5, 0.6) is 0 Å². The average Bonchev–Trinajstić information content (AvgIpc) is 3.25. The zero-order chi connectivity index (χ0) is 21.1. The Hall–Kier alpha value is -2.13. The third-order valence-corrected chi connectivity index (χ3v) is 7.01. The summed E-state index contributed by atoms with van der Waals surface area (Å²) < 4.78 is 26.9. The lowest BCUT2D eigenvalue weighted by molar-refractivity contribution is 0.0942. The van der Waals surface area contributed by atoms with Crippen LogP contribution in [0, 0.1) is 11.6 Å². The first-order valence-corrected chi connectivity index (χ1v) is 11.4. The smallest absolute Gasteiger partial charge is 0.263 e.